The van der Waals surface area contributed by atoms with Gasteiger partial charge in [-0.3, -0.25) is 23.8 Å². The Hall–Kier alpha value is -3.75. The van der Waals surface area contributed by atoms with Gasteiger partial charge in [-0.15, -0.1) is 11.8 Å². The van der Waals surface area contributed by atoms with Gasteiger partial charge < -0.3 is 16.2 Å². The minimum Gasteiger partial charge on any atom is -0.477 e. The van der Waals surface area contributed by atoms with E-state index in [9.17, 15) is 37.3 Å². The lowest BCUT2D eigenvalue weighted by Crippen LogP contribution is -2.71. The maximum Gasteiger partial charge on any atom is 0.352 e. The molecule has 1 fully saturated rings. The summed E-state index contributed by atoms with van der Waals surface area (Å²) in [5.41, 5.74) is 5.40. The molecule has 3 amide bonds. The van der Waals surface area contributed by atoms with Gasteiger partial charge in [-0.25, -0.2) is 9.36 Å². The molecule has 1 aromatic heterocycles. The molecule has 0 saturated carbocycles. The van der Waals surface area contributed by atoms with Crippen molar-refractivity contribution in [2.24, 2.45) is 5.73 Å². The monoisotopic (exact) mass is 533 g/mol. The number of aliphatic carboxylic acids is 1. The highest BCUT2D eigenvalue weighted by Gasteiger charge is 2.55. The standard InChI is InChI=1S/C22H20N4O8S2/c23-18(27)13-6-4-12(5-7-13)17(36(32,33)34)19(28)24-15-20(29)26-16(22(30)31)14(11-35-21(15)26)10-25-8-2-1-3-9-25/h1-9,15,17,21H,10-11H2,(H4-,23,24,27,28,30,31,32,33,34)/p+1/t15?,17?,21-/m1/s1. The van der Waals surface area contributed by atoms with Gasteiger partial charge in [0, 0.05) is 29.0 Å². The summed E-state index contributed by atoms with van der Waals surface area (Å²) in [5.74, 6) is -3.69. The average molecular weight is 534 g/mol. The van der Waals surface area contributed by atoms with Gasteiger partial charge in [0.1, 0.15) is 17.1 Å². The van der Waals surface area contributed by atoms with Crippen molar-refractivity contribution in [3.8, 4) is 0 Å². The second-order valence-corrected chi connectivity index (χ2v) is 10.7. The number of carboxylic acid groups (broad SMARTS) is 1. The highest BCUT2D eigenvalue weighted by Crippen LogP contribution is 2.40. The summed E-state index contributed by atoms with van der Waals surface area (Å²) >= 11 is 1.23. The molecule has 2 aliphatic heterocycles. The number of nitrogens with zero attached hydrogens (tertiary/aromatic N) is 2. The minimum atomic E-state index is -4.96. The Morgan fingerprint density at radius 1 is 1.17 bits per heavy atom. The van der Waals surface area contributed by atoms with E-state index in [2.05, 4.69) is 5.32 Å². The Labute approximate surface area is 209 Å². The van der Waals surface area contributed by atoms with Crippen LogP contribution in [-0.4, -0.2) is 63.8 Å². The largest absolute Gasteiger partial charge is 0.477 e. The van der Waals surface area contributed by atoms with Crippen LogP contribution in [0.25, 0.3) is 0 Å². The minimum absolute atomic E-state index is 0.0640. The van der Waals surface area contributed by atoms with E-state index in [0.29, 0.717) is 5.57 Å². The van der Waals surface area contributed by atoms with Crippen LogP contribution < -0.4 is 15.6 Å². The predicted molar refractivity (Wildman–Crippen MR) is 126 cm³/mol. The molecule has 2 unspecified atom stereocenters. The fraction of sp³-hybridized carbons (Fsp3) is 0.227. The van der Waals surface area contributed by atoms with Crippen LogP contribution in [0.2, 0.25) is 0 Å². The van der Waals surface area contributed by atoms with E-state index >= 15 is 0 Å². The number of hydrogen-bond donors (Lipinski definition) is 4. The second kappa shape index (κ2) is 9.72. The van der Waals surface area contributed by atoms with Gasteiger partial charge in [0.2, 0.25) is 11.8 Å². The number of carbonyl (C=O) groups is 4. The number of carboxylic acids is 1. The number of nitrogens with two attached hydrogens (primary N) is 1. The van der Waals surface area contributed by atoms with E-state index in [1.807, 2.05) is 6.07 Å². The quantitative estimate of drug-likeness (QED) is 0.196. The Morgan fingerprint density at radius 2 is 1.81 bits per heavy atom. The molecule has 2 aromatic rings. The molecule has 1 aromatic carbocycles. The number of rotatable bonds is 8. The molecule has 0 aliphatic carbocycles. The Kier molecular flexibility index (Phi) is 6.84. The zero-order chi connectivity index (χ0) is 26.2. The first-order chi connectivity index (χ1) is 17.0. The Morgan fingerprint density at radius 3 is 2.36 bits per heavy atom. The number of pyridine rings is 1. The maximum absolute atomic E-state index is 12.9. The van der Waals surface area contributed by atoms with Crippen molar-refractivity contribution >= 4 is 45.6 Å². The second-order valence-electron chi connectivity index (χ2n) is 8.08. The molecule has 0 radical (unpaired) electrons. The third kappa shape index (κ3) is 4.82. The van der Waals surface area contributed by atoms with E-state index in [1.54, 1.807) is 29.1 Å². The zero-order valence-electron chi connectivity index (χ0n) is 18.5. The first-order valence-corrected chi connectivity index (χ1v) is 13.0. The first kappa shape index (κ1) is 25.3. The molecule has 1 saturated heterocycles. The van der Waals surface area contributed by atoms with Crippen LogP contribution in [0.1, 0.15) is 21.2 Å². The van der Waals surface area contributed by atoms with Crippen molar-refractivity contribution < 1.29 is 41.8 Å². The molecule has 188 valence electrons. The third-order valence-corrected chi connectivity index (χ3v) is 8.15. The van der Waals surface area contributed by atoms with E-state index in [0.717, 1.165) is 17.0 Å². The van der Waals surface area contributed by atoms with Crippen molar-refractivity contribution in [2.75, 3.05) is 5.75 Å². The zero-order valence-corrected chi connectivity index (χ0v) is 20.1. The fourth-order valence-corrected chi connectivity index (χ4v) is 6.25. The van der Waals surface area contributed by atoms with Gasteiger partial charge >= 0.3 is 5.97 Å². The topological polar surface area (TPSA) is 188 Å². The summed E-state index contributed by atoms with van der Waals surface area (Å²) in [7, 11) is -4.96. The molecule has 3 atom stereocenters. The molecule has 2 aliphatic rings. The van der Waals surface area contributed by atoms with Crippen LogP contribution in [0.3, 0.4) is 0 Å². The number of fused-ring (bicyclic) bond motifs is 1. The number of nitrogens with one attached hydrogen (secondary N) is 1. The fourth-order valence-electron chi connectivity index (χ4n) is 4.07. The number of amides is 3. The van der Waals surface area contributed by atoms with Gasteiger partial charge in [0.25, 0.3) is 16.0 Å². The predicted octanol–water partition coefficient (Wildman–Crippen LogP) is -0.559. The first-order valence-electron chi connectivity index (χ1n) is 10.5. The summed E-state index contributed by atoms with van der Waals surface area (Å²) in [6.45, 7) is 0.245. The molecule has 0 bridgehead atoms. The Bertz CT molecular complexity index is 1380. The van der Waals surface area contributed by atoms with Crippen LogP contribution in [0, 0.1) is 0 Å². The normalized spacial score (nSPS) is 20.2. The molecule has 4 rings (SSSR count). The number of thioether (sulfide) groups is 1. The number of benzene rings is 1. The van der Waals surface area contributed by atoms with Crippen LogP contribution in [0.15, 0.2) is 66.1 Å². The van der Waals surface area contributed by atoms with Crippen molar-refractivity contribution in [3.63, 3.8) is 0 Å². The van der Waals surface area contributed by atoms with Crippen LogP contribution in [0.5, 0.6) is 0 Å². The molecule has 12 nitrogen and oxygen atoms in total. The summed E-state index contributed by atoms with van der Waals surface area (Å²) in [6.07, 6.45) is 3.52. The number of hydrogen-bond acceptors (Lipinski definition) is 7. The lowest BCUT2D eigenvalue weighted by molar-refractivity contribution is -0.689. The number of aromatic nitrogens is 1. The van der Waals surface area contributed by atoms with Gasteiger partial charge in [0.15, 0.2) is 24.2 Å². The van der Waals surface area contributed by atoms with Crippen molar-refractivity contribution in [1.82, 2.24) is 10.2 Å². The van der Waals surface area contributed by atoms with E-state index in [-0.39, 0.29) is 29.1 Å². The summed E-state index contributed by atoms with van der Waals surface area (Å²) < 4.78 is 35.5. The highest BCUT2D eigenvalue weighted by atomic mass is 32.2. The van der Waals surface area contributed by atoms with Gasteiger partial charge in [-0.2, -0.15) is 8.42 Å². The van der Waals surface area contributed by atoms with Gasteiger partial charge in [0.05, 0.1) is 0 Å². The van der Waals surface area contributed by atoms with Crippen molar-refractivity contribution in [3.05, 3.63) is 77.3 Å². The maximum atomic E-state index is 12.9. The number of β-lactam (4-membered cyclic amide) rings is 1. The Balaban J connectivity index is 1.55. The molecule has 0 spiro atoms. The summed E-state index contributed by atoms with van der Waals surface area (Å²) in [6, 6.07) is 8.89. The van der Waals surface area contributed by atoms with E-state index < -0.39 is 50.5 Å². The van der Waals surface area contributed by atoms with E-state index in [4.69, 9.17) is 5.73 Å². The highest BCUT2D eigenvalue weighted by molar-refractivity contribution is 8.00. The number of carbonyl (C=O) groups excluding carboxylic acids is 3. The molecule has 5 N–H and O–H groups in total. The molecular formula is C22H21N4O8S2+. The lowest BCUT2D eigenvalue weighted by atomic mass is 10.0. The van der Waals surface area contributed by atoms with Gasteiger partial charge in [-0.1, -0.05) is 18.2 Å². The smallest absolute Gasteiger partial charge is 0.352 e. The summed E-state index contributed by atoms with van der Waals surface area (Å²) in [5, 5.41) is 9.28. The lowest BCUT2D eigenvalue weighted by Gasteiger charge is -2.49. The summed E-state index contributed by atoms with van der Waals surface area (Å²) in [4.78, 5) is 50.2. The molecule has 3 heterocycles. The van der Waals surface area contributed by atoms with Crippen LogP contribution in [0.4, 0.5) is 0 Å². The van der Waals surface area contributed by atoms with Crippen LogP contribution >= 0.6 is 11.8 Å². The van der Waals surface area contributed by atoms with Gasteiger partial charge in [-0.05, 0) is 17.7 Å². The SMILES string of the molecule is NC(=O)c1ccc(C(C(=O)NC2C(=O)N3C(C(=O)O)=C(C[n+]4ccccc4)CS[C@H]23)S(=O)(=O)O)cc1. The van der Waals surface area contributed by atoms with Crippen LogP contribution in [-0.2, 0) is 31.0 Å². The molecular weight excluding hydrogens is 512 g/mol. The molecule has 36 heavy (non-hydrogen) atoms. The number of primary amides is 1. The third-order valence-electron chi connectivity index (χ3n) is 5.73. The average Bonchev–Trinajstić information content (AvgIpc) is 2.82. The van der Waals surface area contributed by atoms with Crippen molar-refractivity contribution in [1.29, 1.82) is 0 Å². The van der Waals surface area contributed by atoms with E-state index in [1.165, 1.54) is 23.9 Å². The molecule has 14 heteroatoms. The van der Waals surface area contributed by atoms with Crippen molar-refractivity contribution in [2.45, 2.75) is 23.2 Å².